The maximum atomic E-state index is 14.5. The second-order valence-corrected chi connectivity index (χ2v) is 8.07. The number of anilines is 2. The zero-order valence-corrected chi connectivity index (χ0v) is 16.6. The molecule has 4 nitrogen and oxygen atoms in total. The normalized spacial score (nSPS) is 16.5. The Morgan fingerprint density at radius 2 is 1.73 bits per heavy atom. The van der Waals surface area contributed by atoms with Crippen LogP contribution in [0.1, 0.15) is 16.9 Å². The van der Waals surface area contributed by atoms with Gasteiger partial charge in [-0.1, -0.05) is 24.3 Å². The quantitative estimate of drug-likeness (QED) is 0.572. The van der Waals surface area contributed by atoms with Gasteiger partial charge in [-0.25, -0.2) is 13.7 Å². The molecule has 0 unspecified atom stereocenters. The van der Waals surface area contributed by atoms with Gasteiger partial charge in [0.2, 0.25) is 0 Å². The van der Waals surface area contributed by atoms with Crippen molar-refractivity contribution in [3.05, 3.63) is 87.7 Å². The fraction of sp³-hybridized carbons (Fsp3) is 0.130. The van der Waals surface area contributed by atoms with Gasteiger partial charge in [0.1, 0.15) is 17.3 Å². The van der Waals surface area contributed by atoms with Crippen molar-refractivity contribution in [1.82, 2.24) is 0 Å². The van der Waals surface area contributed by atoms with E-state index in [1.165, 1.54) is 11.3 Å². The number of amides is 2. The molecule has 2 aromatic carbocycles. The van der Waals surface area contributed by atoms with Crippen LogP contribution in [0.2, 0.25) is 0 Å². The minimum atomic E-state index is -0.830. The standard InChI is InChI=1S/C23H16F2N2O2S/c24-15-9-10-16(25)18(13-15)27-22(28)20(19-8-4-12-30-19)21(23(27)29)26-11-3-6-14-5-1-2-7-17(14)26/h1-2,4-5,7-10,12-13H,3,6,11H2. The molecule has 0 saturated heterocycles. The molecule has 30 heavy (non-hydrogen) atoms. The average Bonchev–Trinajstić information content (AvgIpc) is 3.36. The maximum Gasteiger partial charge on any atom is 0.282 e. The molecular weight excluding hydrogens is 406 g/mol. The monoisotopic (exact) mass is 422 g/mol. The molecule has 0 aliphatic carbocycles. The van der Waals surface area contributed by atoms with E-state index in [9.17, 15) is 18.4 Å². The van der Waals surface area contributed by atoms with E-state index in [2.05, 4.69) is 0 Å². The molecule has 0 atom stereocenters. The number of imide groups is 1. The van der Waals surface area contributed by atoms with Crippen molar-refractivity contribution >= 4 is 40.1 Å². The highest BCUT2D eigenvalue weighted by atomic mass is 32.1. The Labute approximate surface area is 175 Å². The van der Waals surface area contributed by atoms with Crippen molar-refractivity contribution < 1.29 is 18.4 Å². The number of benzene rings is 2. The smallest absolute Gasteiger partial charge is 0.282 e. The SMILES string of the molecule is O=C1C(c2cccs2)=C(N2CCCc3ccccc32)C(=O)N1c1cc(F)ccc1F. The number of thiophene rings is 1. The number of fused-ring (bicyclic) bond motifs is 1. The molecule has 2 aliphatic heterocycles. The number of carbonyl (C=O) groups excluding carboxylic acids is 2. The van der Waals surface area contributed by atoms with Crippen LogP contribution in [0.15, 0.2) is 65.7 Å². The minimum absolute atomic E-state index is 0.207. The molecule has 0 N–H and O–H groups in total. The molecule has 0 spiro atoms. The van der Waals surface area contributed by atoms with Gasteiger partial charge in [0.05, 0.1) is 11.3 Å². The largest absolute Gasteiger partial charge is 0.336 e. The highest BCUT2D eigenvalue weighted by Gasteiger charge is 2.44. The number of para-hydroxylation sites is 1. The fourth-order valence-corrected chi connectivity index (χ4v) is 4.82. The highest BCUT2D eigenvalue weighted by Crippen LogP contribution is 2.41. The van der Waals surface area contributed by atoms with Gasteiger partial charge in [0.25, 0.3) is 11.8 Å². The Morgan fingerprint density at radius 3 is 2.53 bits per heavy atom. The number of rotatable bonds is 3. The van der Waals surface area contributed by atoms with Crippen LogP contribution >= 0.6 is 11.3 Å². The molecule has 0 saturated carbocycles. The van der Waals surface area contributed by atoms with Crippen molar-refractivity contribution in [2.75, 3.05) is 16.3 Å². The topological polar surface area (TPSA) is 40.6 Å². The van der Waals surface area contributed by atoms with Crippen molar-refractivity contribution in [2.24, 2.45) is 0 Å². The van der Waals surface area contributed by atoms with E-state index in [1.54, 1.807) is 12.1 Å². The molecule has 2 amide bonds. The Morgan fingerprint density at radius 1 is 0.900 bits per heavy atom. The average molecular weight is 422 g/mol. The number of nitrogens with zero attached hydrogens (tertiary/aromatic N) is 2. The Bertz CT molecular complexity index is 1200. The van der Waals surface area contributed by atoms with Crippen LogP contribution in [0, 0.1) is 11.6 Å². The molecule has 7 heteroatoms. The van der Waals surface area contributed by atoms with E-state index in [-0.39, 0.29) is 17.0 Å². The van der Waals surface area contributed by atoms with E-state index < -0.39 is 23.4 Å². The molecule has 3 aromatic rings. The second kappa shape index (κ2) is 7.18. The lowest BCUT2D eigenvalue weighted by molar-refractivity contribution is -0.120. The lowest BCUT2D eigenvalue weighted by atomic mass is 10.00. The first-order chi connectivity index (χ1) is 14.6. The lowest BCUT2D eigenvalue weighted by Gasteiger charge is -2.32. The zero-order valence-electron chi connectivity index (χ0n) is 15.8. The van der Waals surface area contributed by atoms with Gasteiger partial charge < -0.3 is 4.90 Å². The van der Waals surface area contributed by atoms with Gasteiger partial charge in [-0.15, -0.1) is 11.3 Å². The van der Waals surface area contributed by atoms with Crippen molar-refractivity contribution in [3.8, 4) is 0 Å². The predicted molar refractivity (Wildman–Crippen MR) is 112 cm³/mol. The number of hydrogen-bond donors (Lipinski definition) is 0. The fourth-order valence-electron chi connectivity index (χ4n) is 4.05. The van der Waals surface area contributed by atoms with Gasteiger partial charge in [0, 0.05) is 23.2 Å². The molecule has 2 aliphatic rings. The summed E-state index contributed by atoms with van der Waals surface area (Å²) in [7, 11) is 0. The van der Waals surface area contributed by atoms with E-state index >= 15 is 0 Å². The van der Waals surface area contributed by atoms with Gasteiger partial charge >= 0.3 is 0 Å². The van der Waals surface area contributed by atoms with E-state index in [1.807, 2.05) is 34.5 Å². The second-order valence-electron chi connectivity index (χ2n) is 7.13. The van der Waals surface area contributed by atoms with Gasteiger partial charge in [-0.3, -0.25) is 9.59 Å². The summed E-state index contributed by atoms with van der Waals surface area (Å²) >= 11 is 1.33. The molecule has 3 heterocycles. The summed E-state index contributed by atoms with van der Waals surface area (Å²) in [4.78, 5) is 30.1. The third kappa shape index (κ3) is 2.85. The molecule has 0 radical (unpaired) electrons. The molecule has 1 aromatic heterocycles. The highest BCUT2D eigenvalue weighted by molar-refractivity contribution is 7.11. The van der Waals surface area contributed by atoms with Crippen LogP contribution in [-0.2, 0) is 16.0 Å². The van der Waals surface area contributed by atoms with Crippen LogP contribution in [0.25, 0.3) is 5.57 Å². The molecular formula is C23H16F2N2O2S. The first-order valence-electron chi connectivity index (χ1n) is 9.53. The third-order valence-electron chi connectivity index (χ3n) is 5.36. The van der Waals surface area contributed by atoms with Crippen LogP contribution in [0.5, 0.6) is 0 Å². The Kier molecular flexibility index (Phi) is 4.47. The summed E-state index contributed by atoms with van der Waals surface area (Å²) in [6.07, 6.45) is 1.69. The minimum Gasteiger partial charge on any atom is -0.336 e. The first kappa shape index (κ1) is 18.7. The predicted octanol–water partition coefficient (Wildman–Crippen LogP) is 4.76. The molecule has 150 valence electrons. The van der Waals surface area contributed by atoms with E-state index in [0.29, 0.717) is 11.4 Å². The Balaban J connectivity index is 1.70. The summed E-state index contributed by atoms with van der Waals surface area (Å²) in [5, 5.41) is 1.81. The number of aryl methyl sites for hydroxylation is 1. The van der Waals surface area contributed by atoms with Crippen LogP contribution < -0.4 is 9.80 Å². The summed E-state index contributed by atoms with van der Waals surface area (Å²) in [5.41, 5.74) is 1.99. The van der Waals surface area contributed by atoms with Crippen molar-refractivity contribution in [2.45, 2.75) is 12.8 Å². The van der Waals surface area contributed by atoms with E-state index in [4.69, 9.17) is 0 Å². The summed E-state index contributed by atoms with van der Waals surface area (Å²) < 4.78 is 28.3. The van der Waals surface area contributed by atoms with Crippen molar-refractivity contribution in [1.29, 1.82) is 0 Å². The van der Waals surface area contributed by atoms with E-state index in [0.717, 1.165) is 47.2 Å². The number of carbonyl (C=O) groups is 2. The van der Waals surface area contributed by atoms with Gasteiger partial charge in [0.15, 0.2) is 0 Å². The first-order valence-corrected chi connectivity index (χ1v) is 10.4. The van der Waals surface area contributed by atoms with Crippen LogP contribution in [0.4, 0.5) is 20.2 Å². The summed E-state index contributed by atoms with van der Waals surface area (Å²) in [6, 6.07) is 14.0. The number of halogens is 2. The van der Waals surface area contributed by atoms with Gasteiger partial charge in [-0.2, -0.15) is 0 Å². The van der Waals surface area contributed by atoms with Crippen LogP contribution in [-0.4, -0.2) is 18.4 Å². The summed E-state index contributed by atoms with van der Waals surface area (Å²) in [6.45, 7) is 0.555. The zero-order chi connectivity index (χ0) is 20.8. The molecule has 0 bridgehead atoms. The maximum absolute atomic E-state index is 14.5. The third-order valence-corrected chi connectivity index (χ3v) is 6.24. The summed E-state index contributed by atoms with van der Waals surface area (Å²) in [5.74, 6) is -2.85. The van der Waals surface area contributed by atoms with Crippen molar-refractivity contribution in [3.63, 3.8) is 0 Å². The van der Waals surface area contributed by atoms with Gasteiger partial charge in [-0.05, 0) is 48.1 Å². The molecule has 5 rings (SSSR count). The number of hydrogen-bond acceptors (Lipinski definition) is 4. The lowest BCUT2D eigenvalue weighted by Crippen LogP contribution is -2.37. The Hall–Kier alpha value is -3.32. The van der Waals surface area contributed by atoms with Crippen LogP contribution in [0.3, 0.4) is 0 Å². The molecule has 0 fully saturated rings.